The third-order valence-corrected chi connectivity index (χ3v) is 4.31. The molecule has 1 atom stereocenters. The molecule has 1 unspecified atom stereocenters. The highest BCUT2D eigenvalue weighted by molar-refractivity contribution is 6.35. The largest absolute Gasteiger partial charge is 0.391 e. The Morgan fingerprint density at radius 1 is 1.14 bits per heavy atom. The highest BCUT2D eigenvalue weighted by atomic mass is 35.5. The molecular formula is C17H14Cl2FNO. The highest BCUT2D eigenvalue weighted by Crippen LogP contribution is 2.37. The van der Waals surface area contributed by atoms with Gasteiger partial charge in [0.05, 0.1) is 15.8 Å². The maximum Gasteiger partial charge on any atom is 0.160 e. The maximum absolute atomic E-state index is 13.5. The van der Waals surface area contributed by atoms with E-state index in [1.807, 2.05) is 30.3 Å². The molecule has 1 aliphatic rings. The molecule has 5 heteroatoms. The van der Waals surface area contributed by atoms with E-state index >= 15 is 0 Å². The van der Waals surface area contributed by atoms with Gasteiger partial charge in [0, 0.05) is 5.92 Å². The number of hydrogen-bond donors (Lipinski definition) is 0. The smallest absolute Gasteiger partial charge is 0.160 e. The van der Waals surface area contributed by atoms with Gasteiger partial charge in [-0.05, 0) is 36.1 Å². The fraction of sp³-hybridized carbons (Fsp3) is 0.235. The summed E-state index contributed by atoms with van der Waals surface area (Å²) in [5, 5.41) is 4.28. The van der Waals surface area contributed by atoms with Crippen LogP contribution < -0.4 is 0 Å². The number of oxime groups is 1. The van der Waals surface area contributed by atoms with Gasteiger partial charge in [-0.1, -0.05) is 58.7 Å². The molecule has 0 N–H and O–H groups in total. The van der Waals surface area contributed by atoms with Crippen LogP contribution in [0.3, 0.4) is 0 Å². The summed E-state index contributed by atoms with van der Waals surface area (Å²) in [4.78, 5) is 5.41. The van der Waals surface area contributed by atoms with E-state index in [2.05, 4.69) is 5.16 Å². The summed E-state index contributed by atoms with van der Waals surface area (Å²) >= 11 is 11.7. The molecule has 3 rings (SSSR count). The first kappa shape index (κ1) is 15.3. The third kappa shape index (κ3) is 3.26. The Hall–Kier alpha value is -1.58. The molecule has 0 spiro atoms. The van der Waals surface area contributed by atoms with Crippen molar-refractivity contribution in [3.63, 3.8) is 0 Å². The number of rotatable bonds is 4. The first-order valence-corrected chi connectivity index (χ1v) is 7.78. The Bertz CT molecular complexity index is 680. The summed E-state index contributed by atoms with van der Waals surface area (Å²) in [6.07, 6.45) is 1.80. The van der Waals surface area contributed by atoms with Gasteiger partial charge in [-0.2, -0.15) is 0 Å². The van der Waals surface area contributed by atoms with Crippen molar-refractivity contribution in [3.8, 4) is 0 Å². The first-order valence-electron chi connectivity index (χ1n) is 7.02. The highest BCUT2D eigenvalue weighted by Gasteiger charge is 2.29. The fourth-order valence-electron chi connectivity index (χ4n) is 2.43. The predicted molar refractivity (Wildman–Crippen MR) is 87.1 cm³/mol. The number of halogens is 3. The van der Waals surface area contributed by atoms with Crippen molar-refractivity contribution < 1.29 is 9.23 Å². The summed E-state index contributed by atoms with van der Waals surface area (Å²) < 4.78 is 13.5. The van der Waals surface area contributed by atoms with E-state index in [1.165, 1.54) is 0 Å². The average Bonchev–Trinajstić information content (AvgIpc) is 2.49. The molecule has 0 bridgehead atoms. The Kier molecular flexibility index (Phi) is 4.65. The second-order valence-electron chi connectivity index (χ2n) is 5.23. The van der Waals surface area contributed by atoms with E-state index in [1.54, 1.807) is 12.1 Å². The Labute approximate surface area is 138 Å². The van der Waals surface area contributed by atoms with Crippen molar-refractivity contribution in [1.29, 1.82) is 0 Å². The van der Waals surface area contributed by atoms with Gasteiger partial charge in [0.25, 0.3) is 0 Å². The summed E-state index contributed by atoms with van der Waals surface area (Å²) in [5.41, 5.74) is 2.88. The molecule has 0 amide bonds. The van der Waals surface area contributed by atoms with Crippen molar-refractivity contribution in [3.05, 3.63) is 69.5 Å². The van der Waals surface area contributed by atoms with Crippen molar-refractivity contribution in [2.45, 2.75) is 25.4 Å². The van der Waals surface area contributed by atoms with E-state index in [0.29, 0.717) is 6.61 Å². The quantitative estimate of drug-likeness (QED) is 0.527. The second kappa shape index (κ2) is 6.67. The number of nitrogens with zero attached hydrogens (tertiary/aromatic N) is 1. The zero-order chi connectivity index (χ0) is 15.5. The van der Waals surface area contributed by atoms with Crippen LogP contribution in [0, 0.1) is 5.82 Å². The lowest BCUT2D eigenvalue weighted by atomic mass is 9.78. The minimum atomic E-state index is -0.578. The van der Waals surface area contributed by atoms with Crippen LogP contribution in [0.5, 0.6) is 0 Å². The topological polar surface area (TPSA) is 21.6 Å². The lowest BCUT2D eigenvalue weighted by Crippen LogP contribution is -2.24. The number of hydrogen-bond acceptors (Lipinski definition) is 2. The summed E-state index contributed by atoms with van der Waals surface area (Å²) in [5.74, 6) is -0.475. The van der Waals surface area contributed by atoms with Crippen LogP contribution in [-0.2, 0) is 11.4 Å². The van der Waals surface area contributed by atoms with E-state index in [-0.39, 0.29) is 16.0 Å². The Morgan fingerprint density at radius 3 is 2.41 bits per heavy atom. The molecule has 114 valence electrons. The Balaban J connectivity index is 1.68. The Morgan fingerprint density at radius 2 is 1.82 bits per heavy atom. The van der Waals surface area contributed by atoms with Gasteiger partial charge in [0.15, 0.2) is 5.82 Å². The van der Waals surface area contributed by atoms with E-state index in [0.717, 1.165) is 29.7 Å². The zero-order valence-electron chi connectivity index (χ0n) is 11.7. The van der Waals surface area contributed by atoms with Gasteiger partial charge in [0.1, 0.15) is 6.61 Å². The lowest BCUT2D eigenvalue weighted by molar-refractivity contribution is 0.127. The minimum absolute atomic E-state index is 0.0407. The molecule has 2 aromatic carbocycles. The third-order valence-electron chi connectivity index (χ3n) is 3.76. The SMILES string of the molecule is Fc1c(Cl)cc(C2CCC2=NOCc2ccccc2)cc1Cl. The van der Waals surface area contributed by atoms with Gasteiger partial charge in [0.2, 0.25) is 0 Å². The van der Waals surface area contributed by atoms with Crippen LogP contribution in [-0.4, -0.2) is 5.71 Å². The average molecular weight is 338 g/mol. The molecule has 0 heterocycles. The van der Waals surface area contributed by atoms with Crippen LogP contribution in [0.25, 0.3) is 0 Å². The van der Waals surface area contributed by atoms with Gasteiger partial charge in [-0.3, -0.25) is 0 Å². The zero-order valence-corrected chi connectivity index (χ0v) is 13.2. The molecule has 1 aliphatic carbocycles. The molecule has 2 aromatic rings. The minimum Gasteiger partial charge on any atom is -0.391 e. The normalized spacial score (nSPS) is 19.0. The molecule has 1 saturated carbocycles. The lowest BCUT2D eigenvalue weighted by Gasteiger charge is -2.28. The van der Waals surface area contributed by atoms with E-state index in [4.69, 9.17) is 28.0 Å². The van der Waals surface area contributed by atoms with Crippen LogP contribution in [0.15, 0.2) is 47.6 Å². The van der Waals surface area contributed by atoms with Gasteiger partial charge < -0.3 is 4.84 Å². The van der Waals surface area contributed by atoms with Crippen molar-refractivity contribution >= 4 is 28.9 Å². The molecule has 0 aliphatic heterocycles. The van der Waals surface area contributed by atoms with Crippen molar-refractivity contribution in [2.75, 3.05) is 0 Å². The molecular weight excluding hydrogens is 324 g/mol. The van der Waals surface area contributed by atoms with Crippen LogP contribution in [0.4, 0.5) is 4.39 Å². The molecule has 1 fully saturated rings. The monoisotopic (exact) mass is 337 g/mol. The van der Waals surface area contributed by atoms with E-state index < -0.39 is 5.82 Å². The van der Waals surface area contributed by atoms with Crippen LogP contribution in [0.1, 0.15) is 29.9 Å². The molecule has 0 radical (unpaired) electrons. The first-order chi connectivity index (χ1) is 10.6. The molecule has 2 nitrogen and oxygen atoms in total. The fourth-order valence-corrected chi connectivity index (χ4v) is 2.93. The molecule has 0 saturated heterocycles. The summed E-state index contributed by atoms with van der Waals surface area (Å²) in [7, 11) is 0. The van der Waals surface area contributed by atoms with Gasteiger partial charge in [-0.15, -0.1) is 0 Å². The van der Waals surface area contributed by atoms with Crippen LogP contribution >= 0.6 is 23.2 Å². The summed E-state index contributed by atoms with van der Waals surface area (Å²) in [6, 6.07) is 13.1. The standard InChI is InChI=1S/C17H14Cl2FNO/c18-14-8-12(9-15(19)17(14)20)13-6-7-16(13)21-22-10-11-4-2-1-3-5-11/h1-5,8-9,13H,6-7,10H2. The van der Waals surface area contributed by atoms with Gasteiger partial charge in [-0.25, -0.2) is 4.39 Å². The van der Waals surface area contributed by atoms with Gasteiger partial charge >= 0.3 is 0 Å². The molecule has 22 heavy (non-hydrogen) atoms. The number of benzene rings is 2. The summed E-state index contributed by atoms with van der Waals surface area (Å²) in [6.45, 7) is 0.433. The maximum atomic E-state index is 13.5. The second-order valence-corrected chi connectivity index (χ2v) is 6.05. The van der Waals surface area contributed by atoms with E-state index in [9.17, 15) is 4.39 Å². The molecule has 0 aromatic heterocycles. The predicted octanol–water partition coefficient (Wildman–Crippen LogP) is 5.58. The van der Waals surface area contributed by atoms with Crippen LogP contribution in [0.2, 0.25) is 10.0 Å². The van der Waals surface area contributed by atoms with Crippen molar-refractivity contribution in [2.24, 2.45) is 5.16 Å². The van der Waals surface area contributed by atoms with Crippen molar-refractivity contribution in [1.82, 2.24) is 0 Å².